The maximum Gasteiger partial charge on any atom is 0.329 e. The summed E-state index contributed by atoms with van der Waals surface area (Å²) in [6.45, 7) is 4.95. The minimum atomic E-state index is -4.02. The summed E-state index contributed by atoms with van der Waals surface area (Å²) in [5.74, 6) is -2.27. The molecule has 2 aliphatic heterocycles. The Balaban J connectivity index is 2.04. The zero-order valence-electron chi connectivity index (χ0n) is 14.7. The third-order valence-electron chi connectivity index (χ3n) is 5.01. The predicted molar refractivity (Wildman–Crippen MR) is 91.2 cm³/mol. The first-order valence-corrected chi connectivity index (χ1v) is 9.74. The summed E-state index contributed by atoms with van der Waals surface area (Å²) in [5, 5.41) is 9.47. The Bertz CT molecular complexity index is 923. The maximum atomic E-state index is 12.8. The minimum absolute atomic E-state index is 0.0256. The Hall–Kier alpha value is -2.42. The molecule has 0 bridgehead atoms. The van der Waals surface area contributed by atoms with Crippen LogP contribution in [0.3, 0.4) is 0 Å². The van der Waals surface area contributed by atoms with E-state index in [9.17, 15) is 27.9 Å². The summed E-state index contributed by atoms with van der Waals surface area (Å²) in [7, 11) is -4.02. The summed E-state index contributed by atoms with van der Waals surface area (Å²) in [6, 6.07) is 3.32. The molecular weight excluding hydrogens is 360 g/mol. The summed E-state index contributed by atoms with van der Waals surface area (Å²) < 4.78 is 26.1. The summed E-state index contributed by atoms with van der Waals surface area (Å²) >= 11 is 0. The van der Waals surface area contributed by atoms with Crippen molar-refractivity contribution >= 4 is 27.8 Å². The SMILES string of the molecule is CC(C)N1C(=O)c2ccc(C(=O)N3CCCC3(C)C(=O)O)cc2S1(=O)=O. The van der Waals surface area contributed by atoms with E-state index in [1.54, 1.807) is 13.8 Å². The van der Waals surface area contributed by atoms with E-state index in [-0.39, 0.29) is 22.6 Å². The van der Waals surface area contributed by atoms with Gasteiger partial charge in [-0.1, -0.05) is 0 Å². The Labute approximate surface area is 151 Å². The molecule has 0 spiro atoms. The molecule has 2 amide bonds. The molecule has 0 aromatic heterocycles. The zero-order chi connectivity index (χ0) is 19.4. The molecule has 140 valence electrons. The number of amides is 2. The molecule has 1 aromatic carbocycles. The van der Waals surface area contributed by atoms with Gasteiger partial charge in [0.1, 0.15) is 10.4 Å². The van der Waals surface area contributed by atoms with Gasteiger partial charge in [-0.25, -0.2) is 17.5 Å². The molecule has 1 saturated heterocycles. The van der Waals surface area contributed by atoms with Gasteiger partial charge in [-0.15, -0.1) is 0 Å². The highest BCUT2D eigenvalue weighted by molar-refractivity contribution is 7.90. The largest absolute Gasteiger partial charge is 0.480 e. The van der Waals surface area contributed by atoms with Crippen LogP contribution >= 0.6 is 0 Å². The number of sulfonamides is 1. The molecule has 0 radical (unpaired) electrons. The summed E-state index contributed by atoms with van der Waals surface area (Å²) in [6.07, 6.45) is 0.883. The lowest BCUT2D eigenvalue weighted by atomic mass is 9.98. The lowest BCUT2D eigenvalue weighted by molar-refractivity contribution is -0.147. The molecule has 1 N–H and O–H groups in total. The molecule has 0 aliphatic carbocycles. The topological polar surface area (TPSA) is 112 Å². The number of carboxylic acid groups (broad SMARTS) is 1. The van der Waals surface area contributed by atoms with Crippen molar-refractivity contribution in [3.63, 3.8) is 0 Å². The molecule has 8 nitrogen and oxygen atoms in total. The fourth-order valence-corrected chi connectivity index (χ4v) is 5.35. The van der Waals surface area contributed by atoms with Crippen molar-refractivity contribution in [2.24, 2.45) is 0 Å². The van der Waals surface area contributed by atoms with Crippen molar-refractivity contribution in [3.05, 3.63) is 29.3 Å². The second-order valence-electron chi connectivity index (χ2n) is 7.05. The number of hydrogen-bond donors (Lipinski definition) is 1. The maximum absolute atomic E-state index is 12.8. The van der Waals surface area contributed by atoms with Crippen molar-refractivity contribution in [2.75, 3.05) is 6.54 Å². The summed E-state index contributed by atoms with van der Waals surface area (Å²) in [5.41, 5.74) is -1.24. The van der Waals surface area contributed by atoms with Crippen molar-refractivity contribution in [1.29, 1.82) is 0 Å². The fourth-order valence-electron chi connectivity index (χ4n) is 3.56. The van der Waals surface area contributed by atoms with Gasteiger partial charge in [0.05, 0.1) is 5.56 Å². The number of aliphatic carboxylic acids is 1. The van der Waals surface area contributed by atoms with E-state index in [1.165, 1.54) is 30.0 Å². The first-order chi connectivity index (χ1) is 12.0. The van der Waals surface area contributed by atoms with Crippen molar-refractivity contribution in [3.8, 4) is 0 Å². The predicted octanol–water partition coefficient (Wildman–Crippen LogP) is 1.32. The van der Waals surface area contributed by atoms with E-state index in [2.05, 4.69) is 0 Å². The second kappa shape index (κ2) is 5.80. The van der Waals surface area contributed by atoms with E-state index in [0.717, 1.165) is 4.31 Å². The van der Waals surface area contributed by atoms with Crippen LogP contribution in [-0.2, 0) is 14.8 Å². The smallest absolute Gasteiger partial charge is 0.329 e. The average Bonchev–Trinajstić information content (AvgIpc) is 3.04. The molecule has 0 saturated carbocycles. The van der Waals surface area contributed by atoms with Crippen molar-refractivity contribution in [2.45, 2.75) is 50.1 Å². The molecular formula is C17H20N2O6S. The number of likely N-dealkylation sites (tertiary alicyclic amines) is 1. The van der Waals surface area contributed by atoms with Crippen molar-refractivity contribution in [1.82, 2.24) is 9.21 Å². The molecule has 1 fully saturated rings. The number of carbonyl (C=O) groups is 3. The van der Waals surface area contributed by atoms with E-state index < -0.39 is 39.4 Å². The average molecular weight is 380 g/mol. The van der Waals surface area contributed by atoms with Crippen LogP contribution in [-0.4, -0.2) is 58.6 Å². The highest BCUT2D eigenvalue weighted by Crippen LogP contribution is 2.35. The van der Waals surface area contributed by atoms with Crippen LogP contribution in [0.2, 0.25) is 0 Å². The van der Waals surface area contributed by atoms with Gasteiger partial charge < -0.3 is 10.0 Å². The van der Waals surface area contributed by atoms with Crippen LogP contribution in [0.5, 0.6) is 0 Å². The van der Waals surface area contributed by atoms with Crippen LogP contribution < -0.4 is 0 Å². The highest BCUT2D eigenvalue weighted by atomic mass is 32.2. The highest BCUT2D eigenvalue weighted by Gasteiger charge is 2.47. The molecule has 1 atom stereocenters. The van der Waals surface area contributed by atoms with Gasteiger partial charge in [-0.05, 0) is 51.8 Å². The third kappa shape index (κ3) is 2.41. The van der Waals surface area contributed by atoms with Crippen LogP contribution in [0.15, 0.2) is 23.1 Å². The van der Waals surface area contributed by atoms with Crippen molar-refractivity contribution < 1.29 is 27.9 Å². The number of rotatable bonds is 3. The number of hydrogen-bond acceptors (Lipinski definition) is 5. The molecule has 1 unspecified atom stereocenters. The lowest BCUT2D eigenvalue weighted by Crippen LogP contribution is -2.50. The standard InChI is InChI=1S/C17H20N2O6S/c1-10(2)19-15(21)12-6-5-11(9-13(12)26(19,24)25)14(20)18-8-4-7-17(18,3)16(22)23/h5-6,9-10H,4,7-8H2,1-3H3,(H,22,23). The molecule has 3 rings (SSSR count). The Kier molecular flexibility index (Phi) is 4.10. The number of fused-ring (bicyclic) bond motifs is 1. The van der Waals surface area contributed by atoms with Crippen LogP contribution in [0.25, 0.3) is 0 Å². The Morgan fingerprint density at radius 1 is 1.27 bits per heavy atom. The number of carbonyl (C=O) groups excluding carboxylic acids is 2. The Morgan fingerprint density at radius 3 is 2.50 bits per heavy atom. The second-order valence-corrected chi connectivity index (χ2v) is 8.83. The van der Waals surface area contributed by atoms with E-state index in [0.29, 0.717) is 12.8 Å². The minimum Gasteiger partial charge on any atom is -0.480 e. The normalized spacial score (nSPS) is 24.2. The Morgan fingerprint density at radius 2 is 1.92 bits per heavy atom. The first kappa shape index (κ1) is 18.4. The zero-order valence-corrected chi connectivity index (χ0v) is 15.5. The molecule has 1 aromatic rings. The third-order valence-corrected chi connectivity index (χ3v) is 7.01. The monoisotopic (exact) mass is 380 g/mol. The number of carboxylic acids is 1. The van der Waals surface area contributed by atoms with Gasteiger partial charge in [-0.3, -0.25) is 9.59 Å². The van der Waals surface area contributed by atoms with Gasteiger partial charge >= 0.3 is 5.97 Å². The molecule has 9 heteroatoms. The molecule has 26 heavy (non-hydrogen) atoms. The van der Waals surface area contributed by atoms with Gasteiger partial charge in [0.2, 0.25) is 0 Å². The number of nitrogens with zero attached hydrogens (tertiary/aromatic N) is 2. The quantitative estimate of drug-likeness (QED) is 0.846. The van der Waals surface area contributed by atoms with Gasteiger partial charge in [-0.2, -0.15) is 0 Å². The van der Waals surface area contributed by atoms with Gasteiger partial charge in [0.15, 0.2) is 0 Å². The van der Waals surface area contributed by atoms with Gasteiger partial charge in [0, 0.05) is 18.2 Å². The first-order valence-electron chi connectivity index (χ1n) is 8.30. The lowest BCUT2D eigenvalue weighted by Gasteiger charge is -2.31. The van der Waals surface area contributed by atoms with Crippen LogP contribution in [0, 0.1) is 0 Å². The fraction of sp³-hybridized carbons (Fsp3) is 0.471. The van der Waals surface area contributed by atoms with Crippen LogP contribution in [0.1, 0.15) is 54.3 Å². The van der Waals surface area contributed by atoms with E-state index >= 15 is 0 Å². The molecule has 2 aliphatic rings. The van der Waals surface area contributed by atoms with Crippen LogP contribution in [0.4, 0.5) is 0 Å². The van der Waals surface area contributed by atoms with Gasteiger partial charge in [0.25, 0.3) is 21.8 Å². The number of benzene rings is 1. The van der Waals surface area contributed by atoms with E-state index in [4.69, 9.17) is 0 Å². The van der Waals surface area contributed by atoms with E-state index in [1.807, 2.05) is 0 Å². The molecule has 2 heterocycles. The summed E-state index contributed by atoms with van der Waals surface area (Å²) in [4.78, 5) is 37.8.